The Hall–Kier alpha value is -4.04. The van der Waals surface area contributed by atoms with Crippen molar-refractivity contribution >= 4 is 11.7 Å². The van der Waals surface area contributed by atoms with Crippen LogP contribution >= 0.6 is 0 Å². The molecule has 1 aliphatic rings. The molecular formula is C27H28N6O2. The van der Waals surface area contributed by atoms with E-state index < -0.39 is 0 Å². The summed E-state index contributed by atoms with van der Waals surface area (Å²) < 4.78 is 5.84. The summed E-state index contributed by atoms with van der Waals surface area (Å²) in [7, 11) is 2.14. The highest BCUT2D eigenvalue weighted by Gasteiger charge is 2.15. The molecule has 1 N–H and O–H groups in total. The number of pyridine rings is 1. The Morgan fingerprint density at radius 2 is 1.69 bits per heavy atom. The van der Waals surface area contributed by atoms with Crippen molar-refractivity contribution in [2.24, 2.45) is 0 Å². The van der Waals surface area contributed by atoms with Crippen molar-refractivity contribution in [3.8, 4) is 22.9 Å². The third-order valence-electron chi connectivity index (χ3n) is 6.17. The van der Waals surface area contributed by atoms with Crippen LogP contribution < -0.4 is 10.2 Å². The molecule has 1 aliphatic heterocycles. The van der Waals surface area contributed by atoms with Crippen molar-refractivity contribution < 1.29 is 9.21 Å². The maximum absolute atomic E-state index is 12.6. The van der Waals surface area contributed by atoms with Gasteiger partial charge in [-0.25, -0.2) is 4.98 Å². The number of aryl methyl sites for hydroxylation is 1. The van der Waals surface area contributed by atoms with Gasteiger partial charge in [0.25, 0.3) is 5.91 Å². The van der Waals surface area contributed by atoms with Gasteiger partial charge in [-0.15, -0.1) is 10.2 Å². The van der Waals surface area contributed by atoms with Crippen LogP contribution in [0.15, 0.2) is 71.3 Å². The van der Waals surface area contributed by atoms with Crippen LogP contribution in [-0.2, 0) is 6.54 Å². The van der Waals surface area contributed by atoms with Crippen LogP contribution in [0.1, 0.15) is 21.5 Å². The lowest BCUT2D eigenvalue weighted by Gasteiger charge is -2.33. The van der Waals surface area contributed by atoms with Gasteiger partial charge in [0.15, 0.2) is 0 Å². The fraction of sp³-hybridized carbons (Fsp3) is 0.259. The number of anilines is 1. The Bertz CT molecular complexity index is 1290. The van der Waals surface area contributed by atoms with Gasteiger partial charge in [0, 0.05) is 55.6 Å². The number of benzene rings is 2. The van der Waals surface area contributed by atoms with Crippen molar-refractivity contribution in [2.75, 3.05) is 38.1 Å². The lowest BCUT2D eigenvalue weighted by Crippen LogP contribution is -2.44. The molecule has 3 heterocycles. The van der Waals surface area contributed by atoms with Crippen LogP contribution in [0.3, 0.4) is 0 Å². The lowest BCUT2D eigenvalue weighted by molar-refractivity contribution is 0.0951. The molecule has 0 radical (unpaired) electrons. The van der Waals surface area contributed by atoms with E-state index in [1.807, 2.05) is 61.7 Å². The van der Waals surface area contributed by atoms with Gasteiger partial charge in [-0.05, 0) is 62.0 Å². The highest BCUT2D eigenvalue weighted by Crippen LogP contribution is 2.24. The summed E-state index contributed by atoms with van der Waals surface area (Å²) in [4.78, 5) is 21.8. The fourth-order valence-electron chi connectivity index (χ4n) is 4.03. The average molecular weight is 469 g/mol. The molecule has 0 aliphatic carbocycles. The molecule has 0 atom stereocenters. The van der Waals surface area contributed by atoms with Gasteiger partial charge in [0.2, 0.25) is 11.8 Å². The summed E-state index contributed by atoms with van der Waals surface area (Å²) in [6, 6.07) is 19.1. The lowest BCUT2D eigenvalue weighted by atomic mass is 10.1. The minimum Gasteiger partial charge on any atom is -0.416 e. The van der Waals surface area contributed by atoms with E-state index >= 15 is 0 Å². The first-order valence-electron chi connectivity index (χ1n) is 11.7. The Morgan fingerprint density at radius 1 is 0.943 bits per heavy atom. The molecule has 2 aromatic carbocycles. The third kappa shape index (κ3) is 5.38. The SMILES string of the molecule is Cc1cccc(-c2nnc(-c3ccc(C(=O)NCc4ccc(N5CCN(C)CC5)nc4)cc3)o2)c1. The minimum atomic E-state index is -0.148. The molecule has 8 nitrogen and oxygen atoms in total. The van der Waals surface area contributed by atoms with Crippen molar-refractivity contribution in [3.05, 3.63) is 83.6 Å². The van der Waals surface area contributed by atoms with Gasteiger partial charge < -0.3 is 19.5 Å². The number of hydrogen-bond acceptors (Lipinski definition) is 7. The molecule has 8 heteroatoms. The maximum atomic E-state index is 12.6. The van der Waals surface area contributed by atoms with Crippen molar-refractivity contribution in [1.29, 1.82) is 0 Å². The van der Waals surface area contributed by atoms with Crippen molar-refractivity contribution in [1.82, 2.24) is 25.4 Å². The Morgan fingerprint density at radius 3 is 2.37 bits per heavy atom. The number of carbonyl (C=O) groups excluding carboxylic acids is 1. The van der Waals surface area contributed by atoms with E-state index in [9.17, 15) is 4.79 Å². The smallest absolute Gasteiger partial charge is 0.251 e. The van der Waals surface area contributed by atoms with E-state index in [1.165, 1.54) is 0 Å². The highest BCUT2D eigenvalue weighted by molar-refractivity contribution is 5.94. The number of likely N-dealkylation sites (N-methyl/N-ethyl adjacent to an activating group) is 1. The zero-order chi connectivity index (χ0) is 24.2. The zero-order valence-electron chi connectivity index (χ0n) is 19.9. The van der Waals surface area contributed by atoms with E-state index in [2.05, 4.69) is 37.3 Å². The van der Waals surface area contributed by atoms with Gasteiger partial charge >= 0.3 is 0 Å². The van der Waals surface area contributed by atoms with Gasteiger partial charge in [0.05, 0.1) is 0 Å². The Kier molecular flexibility index (Phi) is 6.54. The number of nitrogens with one attached hydrogen (secondary N) is 1. The molecule has 1 fully saturated rings. The van der Waals surface area contributed by atoms with Gasteiger partial charge in [-0.1, -0.05) is 23.8 Å². The largest absolute Gasteiger partial charge is 0.416 e. The number of amides is 1. The molecule has 35 heavy (non-hydrogen) atoms. The van der Waals surface area contributed by atoms with Crippen LogP contribution in [0.4, 0.5) is 5.82 Å². The molecule has 5 rings (SSSR count). The monoisotopic (exact) mass is 468 g/mol. The number of nitrogens with zero attached hydrogens (tertiary/aromatic N) is 5. The van der Waals surface area contributed by atoms with E-state index in [4.69, 9.17) is 4.42 Å². The summed E-state index contributed by atoms with van der Waals surface area (Å²) in [5.41, 5.74) is 4.29. The summed E-state index contributed by atoms with van der Waals surface area (Å²) in [6.07, 6.45) is 1.83. The van der Waals surface area contributed by atoms with Gasteiger partial charge in [-0.2, -0.15) is 0 Å². The molecule has 4 aromatic rings. The van der Waals surface area contributed by atoms with E-state index in [-0.39, 0.29) is 5.91 Å². The minimum absolute atomic E-state index is 0.148. The second-order valence-corrected chi connectivity index (χ2v) is 8.86. The third-order valence-corrected chi connectivity index (χ3v) is 6.17. The molecule has 178 valence electrons. The molecule has 1 amide bonds. The van der Waals surface area contributed by atoms with Crippen LogP contribution in [0, 0.1) is 6.92 Å². The first-order valence-corrected chi connectivity index (χ1v) is 11.7. The van der Waals surface area contributed by atoms with Crippen LogP contribution in [0.25, 0.3) is 22.9 Å². The molecule has 0 unspecified atom stereocenters. The predicted molar refractivity (Wildman–Crippen MR) is 135 cm³/mol. The Balaban J connectivity index is 1.17. The number of aromatic nitrogens is 3. The zero-order valence-corrected chi connectivity index (χ0v) is 19.9. The second-order valence-electron chi connectivity index (χ2n) is 8.86. The first-order chi connectivity index (χ1) is 17.0. The molecule has 0 spiro atoms. The summed E-state index contributed by atoms with van der Waals surface area (Å²) in [6.45, 7) is 6.47. The summed E-state index contributed by atoms with van der Waals surface area (Å²) >= 11 is 0. The van der Waals surface area contributed by atoms with Crippen LogP contribution in [-0.4, -0.2) is 59.2 Å². The average Bonchev–Trinajstić information content (AvgIpc) is 3.39. The van der Waals surface area contributed by atoms with Gasteiger partial charge in [-0.3, -0.25) is 4.79 Å². The van der Waals surface area contributed by atoms with Gasteiger partial charge in [0.1, 0.15) is 5.82 Å². The molecular weight excluding hydrogens is 440 g/mol. The molecule has 2 aromatic heterocycles. The highest BCUT2D eigenvalue weighted by atomic mass is 16.4. The van der Waals surface area contributed by atoms with E-state index in [1.54, 1.807) is 12.1 Å². The molecule has 0 bridgehead atoms. The first kappa shape index (κ1) is 22.7. The number of rotatable bonds is 6. The van der Waals surface area contributed by atoms with E-state index in [0.717, 1.165) is 54.3 Å². The van der Waals surface area contributed by atoms with Crippen LogP contribution in [0.2, 0.25) is 0 Å². The molecule has 1 saturated heterocycles. The number of hydrogen-bond donors (Lipinski definition) is 1. The normalized spacial score (nSPS) is 14.2. The maximum Gasteiger partial charge on any atom is 0.251 e. The number of piperazine rings is 1. The topological polar surface area (TPSA) is 87.4 Å². The van der Waals surface area contributed by atoms with Crippen molar-refractivity contribution in [2.45, 2.75) is 13.5 Å². The fourth-order valence-corrected chi connectivity index (χ4v) is 4.03. The van der Waals surface area contributed by atoms with Crippen LogP contribution in [0.5, 0.6) is 0 Å². The second kappa shape index (κ2) is 10.1. The van der Waals surface area contributed by atoms with Crippen molar-refractivity contribution in [3.63, 3.8) is 0 Å². The Labute approximate surface area is 204 Å². The number of carbonyl (C=O) groups is 1. The summed E-state index contributed by atoms with van der Waals surface area (Å²) in [5.74, 6) is 1.72. The summed E-state index contributed by atoms with van der Waals surface area (Å²) in [5, 5.41) is 11.3. The van der Waals surface area contributed by atoms with E-state index in [0.29, 0.717) is 23.9 Å². The quantitative estimate of drug-likeness (QED) is 0.461. The standard InChI is InChI=1S/C27H28N6O2/c1-19-4-3-5-23(16-19)27-31-30-26(35-27)22-9-7-21(8-10-22)25(34)29-18-20-6-11-24(28-17-20)33-14-12-32(2)13-15-33/h3-11,16-17H,12-15,18H2,1-2H3,(H,29,34). The molecule has 0 saturated carbocycles. The predicted octanol–water partition coefficient (Wildman–Crippen LogP) is 3.79.